The first-order chi connectivity index (χ1) is 7.33. The average molecular weight is 210 g/mol. The Morgan fingerprint density at radius 1 is 1.60 bits per heavy atom. The Bertz CT molecular complexity index is 305. The van der Waals surface area contributed by atoms with Crippen LogP contribution < -0.4 is 0 Å². The summed E-state index contributed by atoms with van der Waals surface area (Å²) in [5, 5.41) is 9.17. The molecule has 0 amide bonds. The van der Waals surface area contributed by atoms with Crippen molar-refractivity contribution >= 4 is 0 Å². The highest BCUT2D eigenvalue weighted by Gasteiger charge is 2.22. The Morgan fingerprint density at radius 3 is 3.00 bits per heavy atom. The molecule has 1 aliphatic heterocycles. The van der Waals surface area contributed by atoms with Crippen LogP contribution in [0.4, 0.5) is 0 Å². The van der Waals surface area contributed by atoms with E-state index in [0.717, 1.165) is 31.7 Å². The minimum absolute atomic E-state index is 0.0631. The van der Waals surface area contributed by atoms with Gasteiger partial charge in [-0.05, 0) is 25.7 Å². The number of aromatic nitrogens is 2. The lowest BCUT2D eigenvalue weighted by molar-refractivity contribution is 0.0505. The van der Waals surface area contributed by atoms with E-state index in [0.29, 0.717) is 12.0 Å². The Morgan fingerprint density at radius 2 is 2.33 bits per heavy atom. The second kappa shape index (κ2) is 4.77. The summed E-state index contributed by atoms with van der Waals surface area (Å²) in [6.45, 7) is 3.97. The van der Waals surface area contributed by atoms with Crippen LogP contribution in [-0.2, 0) is 11.3 Å². The van der Waals surface area contributed by atoms with E-state index in [9.17, 15) is 0 Å². The van der Waals surface area contributed by atoms with Gasteiger partial charge in [0.15, 0.2) is 0 Å². The fraction of sp³-hybridized carbons (Fsp3) is 0.727. The lowest BCUT2D eigenvalue weighted by Crippen LogP contribution is -2.24. The topological polar surface area (TPSA) is 47.3 Å². The normalized spacial score (nSPS) is 20.4. The highest BCUT2D eigenvalue weighted by atomic mass is 16.5. The molecule has 1 fully saturated rings. The van der Waals surface area contributed by atoms with Crippen LogP contribution in [-0.4, -0.2) is 27.9 Å². The van der Waals surface area contributed by atoms with Crippen LogP contribution in [0.2, 0.25) is 0 Å². The van der Waals surface area contributed by atoms with Gasteiger partial charge in [0.25, 0.3) is 0 Å². The third kappa shape index (κ3) is 2.21. The van der Waals surface area contributed by atoms with Crippen molar-refractivity contribution < 1.29 is 9.84 Å². The Labute approximate surface area is 89.9 Å². The smallest absolute Gasteiger partial charge is 0.0951 e. The summed E-state index contributed by atoms with van der Waals surface area (Å²) in [6, 6.07) is 0.401. The van der Waals surface area contributed by atoms with E-state index in [1.807, 2.05) is 6.33 Å². The molecule has 1 aromatic rings. The second-order valence-electron chi connectivity index (χ2n) is 4.14. The molecule has 1 aliphatic rings. The Balaban J connectivity index is 2.08. The van der Waals surface area contributed by atoms with Crippen molar-refractivity contribution in [3.05, 3.63) is 18.2 Å². The monoisotopic (exact) mass is 210 g/mol. The number of imidazole rings is 1. The largest absolute Gasteiger partial charge is 0.390 e. The Kier molecular flexibility index (Phi) is 3.38. The van der Waals surface area contributed by atoms with Crippen molar-refractivity contribution in [3.63, 3.8) is 0 Å². The third-order valence-electron chi connectivity index (χ3n) is 3.30. The summed E-state index contributed by atoms with van der Waals surface area (Å²) in [5.41, 5.74) is 0.897. The van der Waals surface area contributed by atoms with Crippen molar-refractivity contribution in [2.75, 3.05) is 13.2 Å². The van der Waals surface area contributed by atoms with Crippen molar-refractivity contribution in [3.8, 4) is 0 Å². The third-order valence-corrected chi connectivity index (χ3v) is 3.30. The van der Waals surface area contributed by atoms with E-state index < -0.39 is 0 Å². The fourth-order valence-corrected chi connectivity index (χ4v) is 2.25. The lowest BCUT2D eigenvalue weighted by atomic mass is 9.92. The van der Waals surface area contributed by atoms with E-state index in [1.165, 1.54) is 0 Å². The predicted octanol–water partition coefficient (Wildman–Crippen LogP) is 1.36. The van der Waals surface area contributed by atoms with Crippen LogP contribution in [0.15, 0.2) is 12.5 Å². The molecule has 1 saturated heterocycles. The zero-order chi connectivity index (χ0) is 10.7. The van der Waals surface area contributed by atoms with E-state index in [4.69, 9.17) is 9.84 Å². The molecule has 15 heavy (non-hydrogen) atoms. The summed E-state index contributed by atoms with van der Waals surface area (Å²) in [5.74, 6) is 0.637. The molecular formula is C11H18N2O2. The van der Waals surface area contributed by atoms with Gasteiger partial charge in [0, 0.05) is 19.3 Å². The number of rotatable bonds is 3. The zero-order valence-corrected chi connectivity index (χ0v) is 9.09. The molecule has 2 rings (SSSR count). The fourth-order valence-electron chi connectivity index (χ4n) is 2.25. The van der Waals surface area contributed by atoms with Gasteiger partial charge in [-0.15, -0.1) is 0 Å². The van der Waals surface area contributed by atoms with Crippen molar-refractivity contribution in [1.29, 1.82) is 0 Å². The predicted molar refractivity (Wildman–Crippen MR) is 56.4 cm³/mol. The lowest BCUT2D eigenvalue weighted by Gasteiger charge is -2.29. The first kappa shape index (κ1) is 10.6. The summed E-state index contributed by atoms with van der Waals surface area (Å²) < 4.78 is 7.43. The Hall–Kier alpha value is -0.870. The molecule has 0 radical (unpaired) electrons. The molecule has 4 nitrogen and oxygen atoms in total. The number of nitrogens with zero attached hydrogens (tertiary/aromatic N) is 2. The van der Waals surface area contributed by atoms with Gasteiger partial charge in [-0.1, -0.05) is 0 Å². The van der Waals surface area contributed by atoms with E-state index in [1.54, 1.807) is 6.20 Å². The maximum atomic E-state index is 9.17. The summed E-state index contributed by atoms with van der Waals surface area (Å²) >= 11 is 0. The number of aliphatic hydroxyl groups excluding tert-OH is 1. The highest BCUT2D eigenvalue weighted by Crippen LogP contribution is 2.28. The number of hydrogen-bond donors (Lipinski definition) is 1. The number of aliphatic hydroxyl groups is 1. The van der Waals surface area contributed by atoms with Gasteiger partial charge in [0.05, 0.1) is 24.8 Å². The van der Waals surface area contributed by atoms with Crippen LogP contribution in [0, 0.1) is 5.92 Å². The molecule has 0 aromatic carbocycles. The zero-order valence-electron chi connectivity index (χ0n) is 9.09. The van der Waals surface area contributed by atoms with Crippen LogP contribution in [0.5, 0.6) is 0 Å². The van der Waals surface area contributed by atoms with Gasteiger partial charge < -0.3 is 14.4 Å². The maximum Gasteiger partial charge on any atom is 0.0951 e. The van der Waals surface area contributed by atoms with Gasteiger partial charge in [0.2, 0.25) is 0 Å². The van der Waals surface area contributed by atoms with Gasteiger partial charge in [-0.3, -0.25) is 0 Å². The highest BCUT2D eigenvalue weighted by molar-refractivity contribution is 4.99. The molecule has 2 heterocycles. The molecule has 1 atom stereocenters. The molecule has 0 bridgehead atoms. The molecule has 1 N–H and O–H groups in total. The molecule has 84 valence electrons. The van der Waals surface area contributed by atoms with E-state index >= 15 is 0 Å². The summed E-state index contributed by atoms with van der Waals surface area (Å²) in [6.07, 6.45) is 5.75. The van der Waals surface area contributed by atoms with Crippen LogP contribution in [0.1, 0.15) is 31.5 Å². The standard InChI is InChI=1S/C11H18N2O2/c1-9(10-2-4-15-5-3-10)13-8-12-6-11(13)7-14/h6,8-10,14H,2-5,7H2,1H3. The molecule has 0 aliphatic carbocycles. The van der Waals surface area contributed by atoms with Crippen LogP contribution in [0.3, 0.4) is 0 Å². The molecule has 1 aromatic heterocycles. The maximum absolute atomic E-state index is 9.17. The summed E-state index contributed by atoms with van der Waals surface area (Å²) in [7, 11) is 0. The van der Waals surface area contributed by atoms with Gasteiger partial charge >= 0.3 is 0 Å². The molecule has 0 saturated carbocycles. The molecule has 1 unspecified atom stereocenters. The first-order valence-electron chi connectivity index (χ1n) is 5.52. The van der Waals surface area contributed by atoms with Crippen LogP contribution in [0.25, 0.3) is 0 Å². The number of ether oxygens (including phenoxy) is 1. The summed E-state index contributed by atoms with van der Waals surface area (Å²) in [4.78, 5) is 4.08. The number of hydrogen-bond acceptors (Lipinski definition) is 3. The van der Waals surface area contributed by atoms with Gasteiger partial charge in [-0.25, -0.2) is 4.98 Å². The van der Waals surface area contributed by atoms with Crippen LogP contribution >= 0.6 is 0 Å². The second-order valence-corrected chi connectivity index (χ2v) is 4.14. The SMILES string of the molecule is CC(C1CCOCC1)n1cncc1CO. The van der Waals surface area contributed by atoms with Crippen molar-refractivity contribution in [2.45, 2.75) is 32.4 Å². The quantitative estimate of drug-likeness (QED) is 0.819. The van der Waals surface area contributed by atoms with Gasteiger partial charge in [-0.2, -0.15) is 0 Å². The van der Waals surface area contributed by atoms with Crippen molar-refractivity contribution in [1.82, 2.24) is 9.55 Å². The molecule has 4 heteroatoms. The van der Waals surface area contributed by atoms with Crippen molar-refractivity contribution in [2.24, 2.45) is 5.92 Å². The van der Waals surface area contributed by atoms with E-state index in [-0.39, 0.29) is 6.61 Å². The first-order valence-corrected chi connectivity index (χ1v) is 5.52. The molecule has 0 spiro atoms. The average Bonchev–Trinajstić information content (AvgIpc) is 2.77. The van der Waals surface area contributed by atoms with Gasteiger partial charge in [0.1, 0.15) is 0 Å². The minimum atomic E-state index is 0.0631. The minimum Gasteiger partial charge on any atom is -0.390 e. The van der Waals surface area contributed by atoms with E-state index in [2.05, 4.69) is 16.5 Å². The molecular weight excluding hydrogens is 192 g/mol.